The first-order valence-corrected chi connectivity index (χ1v) is 23.3. The molecular formula is C51H81AlO12. The molecule has 0 atom stereocenters. The van der Waals surface area contributed by atoms with Gasteiger partial charge in [0.2, 0.25) is 0 Å². The SMILES string of the molecule is CCCCOc1ccc(C(C)(C)O[O-])c(OCCCC)c1.CCCCOc1ccc(C(C)(C)O[O-])c(OCCCC)c1.CCCCOc1ccc(C(C)(C)O[O-])c(OCCCC)c1.[Al+3]. The summed E-state index contributed by atoms with van der Waals surface area (Å²) in [5.41, 5.74) is -0.541. The Morgan fingerprint density at radius 1 is 0.344 bits per heavy atom. The van der Waals surface area contributed by atoms with Crippen molar-refractivity contribution in [2.24, 2.45) is 0 Å². The molecule has 3 aromatic carbocycles. The van der Waals surface area contributed by atoms with Crippen molar-refractivity contribution in [2.75, 3.05) is 39.6 Å². The van der Waals surface area contributed by atoms with E-state index in [9.17, 15) is 15.8 Å². The van der Waals surface area contributed by atoms with Gasteiger partial charge in [0.05, 0.1) is 56.4 Å². The Bertz CT molecular complexity index is 1440. The van der Waals surface area contributed by atoms with Crippen molar-refractivity contribution >= 4 is 17.4 Å². The second-order valence-corrected chi connectivity index (χ2v) is 17.0. The average Bonchev–Trinajstić information content (AvgIpc) is 3.27. The number of hydrogen-bond donors (Lipinski definition) is 0. The van der Waals surface area contributed by atoms with Gasteiger partial charge in [0.15, 0.2) is 0 Å². The van der Waals surface area contributed by atoms with Crippen LogP contribution in [0.4, 0.5) is 0 Å². The summed E-state index contributed by atoms with van der Waals surface area (Å²) in [5, 5.41) is 32.8. The van der Waals surface area contributed by atoms with Crippen molar-refractivity contribution < 1.29 is 58.9 Å². The quantitative estimate of drug-likeness (QED) is 0.0271. The van der Waals surface area contributed by atoms with E-state index in [4.69, 9.17) is 28.4 Å². The molecule has 0 radical (unpaired) electrons. The molecule has 0 heterocycles. The fourth-order valence-corrected chi connectivity index (χ4v) is 5.74. The molecule has 0 bridgehead atoms. The summed E-state index contributed by atoms with van der Waals surface area (Å²) >= 11 is 0. The van der Waals surface area contributed by atoms with Gasteiger partial charge in [-0.25, -0.2) is 0 Å². The molecule has 0 unspecified atom stereocenters. The van der Waals surface area contributed by atoms with E-state index in [-0.39, 0.29) is 17.4 Å². The number of rotatable bonds is 30. The second kappa shape index (κ2) is 34.1. The summed E-state index contributed by atoms with van der Waals surface area (Å²) in [6, 6.07) is 16.7. The Labute approximate surface area is 397 Å². The van der Waals surface area contributed by atoms with Crippen molar-refractivity contribution in [1.82, 2.24) is 0 Å². The van der Waals surface area contributed by atoms with Gasteiger partial charge in [0.1, 0.15) is 34.5 Å². The molecule has 0 aliphatic heterocycles. The van der Waals surface area contributed by atoms with Crippen LogP contribution in [0.1, 0.15) is 177 Å². The van der Waals surface area contributed by atoms with Crippen molar-refractivity contribution in [3.05, 3.63) is 71.3 Å². The van der Waals surface area contributed by atoms with Gasteiger partial charge >= 0.3 is 17.4 Å². The second-order valence-electron chi connectivity index (χ2n) is 17.0. The van der Waals surface area contributed by atoms with Crippen LogP contribution in [0.2, 0.25) is 0 Å². The molecule has 0 saturated heterocycles. The van der Waals surface area contributed by atoms with Gasteiger partial charge in [-0.3, -0.25) is 0 Å². The molecule has 3 aromatic rings. The summed E-state index contributed by atoms with van der Waals surface area (Å²) in [6.07, 6.45) is 12.4. The van der Waals surface area contributed by atoms with Crippen LogP contribution >= 0.6 is 0 Å². The zero-order valence-corrected chi connectivity index (χ0v) is 42.6. The third kappa shape index (κ3) is 22.8. The third-order valence-electron chi connectivity index (χ3n) is 10.00. The van der Waals surface area contributed by atoms with E-state index in [1.165, 1.54) is 0 Å². The average molecular weight is 913 g/mol. The van der Waals surface area contributed by atoms with Crippen LogP contribution in [0.15, 0.2) is 54.6 Å². The van der Waals surface area contributed by atoms with Gasteiger partial charge in [-0.2, -0.15) is 0 Å². The molecule has 0 aliphatic carbocycles. The molecule has 0 aliphatic rings. The van der Waals surface area contributed by atoms with Gasteiger partial charge in [-0.1, -0.05) is 80.1 Å². The molecule has 12 nitrogen and oxygen atoms in total. The van der Waals surface area contributed by atoms with Gasteiger partial charge in [-0.15, -0.1) is 0 Å². The zero-order valence-electron chi connectivity index (χ0n) is 41.4. The van der Waals surface area contributed by atoms with E-state index in [0.717, 1.165) is 111 Å². The Morgan fingerprint density at radius 2 is 0.547 bits per heavy atom. The smallest absolute Gasteiger partial charge is 0.723 e. The maximum Gasteiger partial charge on any atom is 3.00 e. The first-order chi connectivity index (χ1) is 30.1. The number of hydrogen-bond acceptors (Lipinski definition) is 12. The summed E-state index contributed by atoms with van der Waals surface area (Å²) in [6.45, 7) is 27.0. The summed E-state index contributed by atoms with van der Waals surface area (Å²) in [7, 11) is 0. The van der Waals surface area contributed by atoms with E-state index < -0.39 is 16.8 Å². The summed E-state index contributed by atoms with van der Waals surface area (Å²) < 4.78 is 34.5. The molecule has 0 saturated carbocycles. The van der Waals surface area contributed by atoms with Crippen LogP contribution < -0.4 is 44.2 Å². The first kappa shape index (κ1) is 60.8. The fraction of sp³-hybridized carbons (Fsp3) is 0.647. The maximum absolute atomic E-state index is 10.9. The van der Waals surface area contributed by atoms with Crippen molar-refractivity contribution in [3.63, 3.8) is 0 Å². The van der Waals surface area contributed by atoms with E-state index in [2.05, 4.69) is 56.2 Å². The molecular weight excluding hydrogens is 832 g/mol. The molecule has 64 heavy (non-hydrogen) atoms. The van der Waals surface area contributed by atoms with Gasteiger partial charge in [0, 0.05) is 34.9 Å². The minimum absolute atomic E-state index is 0. The van der Waals surface area contributed by atoms with E-state index in [0.29, 0.717) is 56.9 Å². The fourth-order valence-electron chi connectivity index (χ4n) is 5.74. The van der Waals surface area contributed by atoms with Crippen LogP contribution in [-0.2, 0) is 31.5 Å². The Balaban J connectivity index is 0.000000923. The van der Waals surface area contributed by atoms with E-state index in [1.54, 1.807) is 41.5 Å². The van der Waals surface area contributed by atoms with Gasteiger partial charge in [-0.05, 0) is 116 Å². The van der Waals surface area contributed by atoms with Gasteiger partial charge in [0.25, 0.3) is 0 Å². The molecule has 13 heteroatoms. The van der Waals surface area contributed by atoms with Gasteiger partial charge < -0.3 is 58.9 Å². The van der Waals surface area contributed by atoms with Crippen molar-refractivity contribution in [3.8, 4) is 34.5 Å². The Hall–Kier alpha value is -3.25. The van der Waals surface area contributed by atoms with Crippen molar-refractivity contribution in [1.29, 1.82) is 0 Å². The third-order valence-corrected chi connectivity index (χ3v) is 10.00. The Morgan fingerprint density at radius 3 is 0.734 bits per heavy atom. The predicted molar refractivity (Wildman–Crippen MR) is 250 cm³/mol. The van der Waals surface area contributed by atoms with Crippen LogP contribution in [-0.4, -0.2) is 57.0 Å². The van der Waals surface area contributed by atoms with Crippen LogP contribution in [0, 0.1) is 0 Å². The standard InChI is InChI=1S/3C17H28O4.Al/c3*1-5-7-11-19-14-9-10-15(17(3,4)21-18)16(13-14)20-12-8-6-2;/h3*9-10,13,18H,5-8,11-12H2,1-4H3;/q;;;+3/p-3. The molecule has 0 amide bonds. The molecule has 0 spiro atoms. The normalized spacial score (nSPS) is 11.3. The van der Waals surface area contributed by atoms with Crippen LogP contribution in [0.3, 0.4) is 0 Å². The molecule has 0 aromatic heterocycles. The number of unbranched alkanes of at least 4 members (excludes halogenated alkanes) is 6. The van der Waals surface area contributed by atoms with Crippen LogP contribution in [0.25, 0.3) is 0 Å². The topological polar surface area (TPSA) is 152 Å². The monoisotopic (exact) mass is 913 g/mol. The van der Waals surface area contributed by atoms with Crippen molar-refractivity contribution in [2.45, 2.75) is 177 Å². The molecule has 0 N–H and O–H groups in total. The largest absolute Gasteiger partial charge is 3.00 e. The predicted octanol–water partition coefficient (Wildman–Crippen LogP) is 10.3. The minimum atomic E-state index is -0.927. The van der Waals surface area contributed by atoms with E-state index >= 15 is 0 Å². The molecule has 0 fully saturated rings. The Kier molecular flexibility index (Phi) is 32.4. The summed E-state index contributed by atoms with van der Waals surface area (Å²) in [4.78, 5) is 13.0. The maximum atomic E-state index is 10.9. The molecule has 3 rings (SSSR count). The molecule has 360 valence electrons. The minimum Gasteiger partial charge on any atom is -0.723 e. The number of benzene rings is 3. The summed E-state index contributed by atoms with van der Waals surface area (Å²) in [5.74, 6) is 4.29. The zero-order chi connectivity index (χ0) is 47.2. The van der Waals surface area contributed by atoms with Crippen LogP contribution in [0.5, 0.6) is 34.5 Å². The number of ether oxygens (including phenoxy) is 6. The van der Waals surface area contributed by atoms with E-state index in [1.807, 2.05) is 54.6 Å². The first-order valence-electron chi connectivity index (χ1n) is 23.3.